The van der Waals surface area contributed by atoms with Gasteiger partial charge in [-0.25, -0.2) is 9.59 Å². The SMILES string of the molecule is COC(=O)c1cc(C(=O)O)cc(-c2cccc(C(C)C)c2)c1. The molecule has 22 heavy (non-hydrogen) atoms. The molecular weight excluding hydrogens is 280 g/mol. The smallest absolute Gasteiger partial charge is 0.337 e. The first-order chi connectivity index (χ1) is 10.4. The fraction of sp³-hybridized carbons (Fsp3) is 0.222. The van der Waals surface area contributed by atoms with Gasteiger partial charge in [-0.05, 0) is 40.8 Å². The molecule has 0 saturated carbocycles. The van der Waals surface area contributed by atoms with Crippen molar-refractivity contribution < 1.29 is 19.4 Å². The van der Waals surface area contributed by atoms with Gasteiger partial charge in [0.1, 0.15) is 0 Å². The maximum Gasteiger partial charge on any atom is 0.337 e. The lowest BCUT2D eigenvalue weighted by Crippen LogP contribution is -2.05. The van der Waals surface area contributed by atoms with E-state index in [1.807, 2.05) is 24.3 Å². The molecule has 0 aliphatic carbocycles. The van der Waals surface area contributed by atoms with Crippen molar-refractivity contribution in [2.24, 2.45) is 0 Å². The molecule has 0 heterocycles. The van der Waals surface area contributed by atoms with Gasteiger partial charge < -0.3 is 9.84 Å². The molecule has 0 saturated heterocycles. The average molecular weight is 298 g/mol. The third-order valence-electron chi connectivity index (χ3n) is 3.49. The van der Waals surface area contributed by atoms with Crippen LogP contribution >= 0.6 is 0 Å². The molecule has 2 rings (SSSR count). The summed E-state index contributed by atoms with van der Waals surface area (Å²) in [6, 6.07) is 12.4. The Morgan fingerprint density at radius 3 is 2.27 bits per heavy atom. The summed E-state index contributed by atoms with van der Waals surface area (Å²) >= 11 is 0. The van der Waals surface area contributed by atoms with Crippen molar-refractivity contribution in [2.75, 3.05) is 7.11 Å². The molecule has 4 heteroatoms. The molecule has 2 aromatic carbocycles. The molecule has 0 aromatic heterocycles. The third-order valence-corrected chi connectivity index (χ3v) is 3.49. The number of carbonyl (C=O) groups is 2. The molecule has 0 radical (unpaired) electrons. The molecule has 0 fully saturated rings. The third kappa shape index (κ3) is 3.34. The fourth-order valence-electron chi connectivity index (χ4n) is 2.23. The lowest BCUT2D eigenvalue weighted by Gasteiger charge is -2.10. The summed E-state index contributed by atoms with van der Waals surface area (Å²) in [5.74, 6) is -1.26. The van der Waals surface area contributed by atoms with Crippen molar-refractivity contribution in [1.82, 2.24) is 0 Å². The molecule has 114 valence electrons. The van der Waals surface area contributed by atoms with E-state index in [-0.39, 0.29) is 11.1 Å². The highest BCUT2D eigenvalue weighted by Gasteiger charge is 2.14. The summed E-state index contributed by atoms with van der Waals surface area (Å²) in [4.78, 5) is 23.0. The van der Waals surface area contributed by atoms with E-state index in [1.54, 1.807) is 12.1 Å². The van der Waals surface area contributed by atoms with Crippen LogP contribution in [0.1, 0.15) is 46.0 Å². The van der Waals surface area contributed by atoms with E-state index in [0.29, 0.717) is 11.5 Å². The number of esters is 1. The number of carboxylic acid groups (broad SMARTS) is 1. The Hall–Kier alpha value is -2.62. The van der Waals surface area contributed by atoms with Gasteiger partial charge in [-0.15, -0.1) is 0 Å². The molecule has 4 nitrogen and oxygen atoms in total. The highest BCUT2D eigenvalue weighted by Crippen LogP contribution is 2.26. The molecule has 0 unspecified atom stereocenters. The fourth-order valence-corrected chi connectivity index (χ4v) is 2.23. The molecule has 1 N–H and O–H groups in total. The Labute approximate surface area is 129 Å². The summed E-state index contributed by atoms with van der Waals surface area (Å²) < 4.78 is 4.69. The number of carboxylic acids is 1. The van der Waals surface area contributed by atoms with Crippen LogP contribution in [0.25, 0.3) is 11.1 Å². The number of ether oxygens (including phenoxy) is 1. The van der Waals surface area contributed by atoms with Gasteiger partial charge >= 0.3 is 11.9 Å². The zero-order valence-electron chi connectivity index (χ0n) is 12.8. The predicted molar refractivity (Wildman–Crippen MR) is 84.3 cm³/mol. The summed E-state index contributed by atoms with van der Waals surface area (Å²) in [7, 11) is 1.27. The van der Waals surface area contributed by atoms with Crippen molar-refractivity contribution in [2.45, 2.75) is 19.8 Å². The average Bonchev–Trinajstić information content (AvgIpc) is 2.53. The first-order valence-corrected chi connectivity index (χ1v) is 6.99. The number of methoxy groups -OCH3 is 1. The van der Waals surface area contributed by atoms with Crippen LogP contribution in [0.2, 0.25) is 0 Å². The Morgan fingerprint density at radius 2 is 1.68 bits per heavy atom. The number of rotatable bonds is 4. The van der Waals surface area contributed by atoms with Crippen LogP contribution in [-0.4, -0.2) is 24.2 Å². The number of hydrogen-bond acceptors (Lipinski definition) is 3. The number of aromatic carboxylic acids is 1. The van der Waals surface area contributed by atoms with Crippen LogP contribution < -0.4 is 0 Å². The maximum absolute atomic E-state index is 11.7. The predicted octanol–water partition coefficient (Wildman–Crippen LogP) is 3.96. The summed E-state index contributed by atoms with van der Waals surface area (Å²) in [6.07, 6.45) is 0. The van der Waals surface area contributed by atoms with Crippen molar-refractivity contribution in [3.05, 3.63) is 59.2 Å². The van der Waals surface area contributed by atoms with Gasteiger partial charge in [0.15, 0.2) is 0 Å². The Balaban J connectivity index is 2.59. The van der Waals surface area contributed by atoms with Gasteiger partial charge in [-0.3, -0.25) is 0 Å². The van der Waals surface area contributed by atoms with Crippen LogP contribution in [0.3, 0.4) is 0 Å². The molecule has 2 aromatic rings. The minimum absolute atomic E-state index is 0.0628. The second-order valence-corrected chi connectivity index (χ2v) is 5.38. The standard InChI is InChI=1S/C18H18O4/c1-11(2)12-5-4-6-13(7-12)14-8-15(17(19)20)10-16(9-14)18(21)22-3/h4-11H,1-3H3,(H,19,20). The van der Waals surface area contributed by atoms with Gasteiger partial charge in [-0.1, -0.05) is 38.1 Å². The van der Waals surface area contributed by atoms with Gasteiger partial charge in [0.05, 0.1) is 18.2 Å². The lowest BCUT2D eigenvalue weighted by molar-refractivity contribution is 0.0601. The Bertz CT molecular complexity index is 717. The summed E-state index contributed by atoms with van der Waals surface area (Å²) in [6.45, 7) is 4.18. The van der Waals surface area contributed by atoms with Gasteiger partial charge in [0.25, 0.3) is 0 Å². The molecule has 0 spiro atoms. The molecule has 0 amide bonds. The highest BCUT2D eigenvalue weighted by molar-refractivity contribution is 5.96. The van der Waals surface area contributed by atoms with Gasteiger partial charge in [-0.2, -0.15) is 0 Å². The van der Waals surface area contributed by atoms with Crippen LogP contribution in [0.4, 0.5) is 0 Å². The normalized spacial score (nSPS) is 10.5. The number of hydrogen-bond donors (Lipinski definition) is 1. The molecule has 0 aliphatic heterocycles. The Kier molecular flexibility index (Phi) is 4.61. The topological polar surface area (TPSA) is 63.6 Å². The van der Waals surface area contributed by atoms with Crippen molar-refractivity contribution in [1.29, 1.82) is 0 Å². The van der Waals surface area contributed by atoms with E-state index < -0.39 is 11.9 Å². The zero-order chi connectivity index (χ0) is 16.3. The van der Waals surface area contributed by atoms with Gasteiger partial charge in [0, 0.05) is 0 Å². The van der Waals surface area contributed by atoms with Gasteiger partial charge in [0.2, 0.25) is 0 Å². The van der Waals surface area contributed by atoms with E-state index >= 15 is 0 Å². The minimum atomic E-state index is -1.08. The maximum atomic E-state index is 11.7. The van der Waals surface area contributed by atoms with Crippen molar-refractivity contribution in [3.63, 3.8) is 0 Å². The number of benzene rings is 2. The largest absolute Gasteiger partial charge is 0.478 e. The molecular formula is C18H18O4. The van der Waals surface area contributed by atoms with Crippen molar-refractivity contribution >= 4 is 11.9 Å². The minimum Gasteiger partial charge on any atom is -0.478 e. The second kappa shape index (κ2) is 6.43. The van der Waals surface area contributed by atoms with E-state index in [1.165, 1.54) is 13.2 Å². The highest BCUT2D eigenvalue weighted by atomic mass is 16.5. The van der Waals surface area contributed by atoms with E-state index in [9.17, 15) is 14.7 Å². The van der Waals surface area contributed by atoms with E-state index in [2.05, 4.69) is 13.8 Å². The van der Waals surface area contributed by atoms with E-state index in [4.69, 9.17) is 4.74 Å². The van der Waals surface area contributed by atoms with Crippen molar-refractivity contribution in [3.8, 4) is 11.1 Å². The summed E-state index contributed by atoms with van der Waals surface area (Å²) in [5, 5.41) is 9.23. The Morgan fingerprint density at radius 1 is 1.00 bits per heavy atom. The second-order valence-electron chi connectivity index (χ2n) is 5.38. The van der Waals surface area contributed by atoms with Crippen LogP contribution in [-0.2, 0) is 4.74 Å². The first kappa shape index (κ1) is 15.8. The van der Waals surface area contributed by atoms with Crippen LogP contribution in [0, 0.1) is 0 Å². The quantitative estimate of drug-likeness (QED) is 0.868. The first-order valence-electron chi connectivity index (χ1n) is 6.99. The summed E-state index contributed by atoms with van der Waals surface area (Å²) in [5.41, 5.74) is 3.00. The molecule has 0 bridgehead atoms. The molecule has 0 aliphatic rings. The monoisotopic (exact) mass is 298 g/mol. The van der Waals surface area contributed by atoms with Crippen LogP contribution in [0.5, 0.6) is 0 Å². The number of carbonyl (C=O) groups excluding carboxylic acids is 1. The lowest BCUT2D eigenvalue weighted by atomic mass is 9.95. The van der Waals surface area contributed by atoms with Crippen LogP contribution in [0.15, 0.2) is 42.5 Å². The van der Waals surface area contributed by atoms with E-state index in [0.717, 1.165) is 11.1 Å². The molecule has 0 atom stereocenters. The zero-order valence-corrected chi connectivity index (χ0v) is 12.8.